The van der Waals surface area contributed by atoms with E-state index in [1.807, 2.05) is 37.4 Å². The van der Waals surface area contributed by atoms with E-state index in [2.05, 4.69) is 0 Å². The van der Waals surface area contributed by atoms with Gasteiger partial charge in [-0.25, -0.2) is 0 Å². The summed E-state index contributed by atoms with van der Waals surface area (Å²) in [4.78, 5) is 0. The molecule has 2 aliphatic heterocycles. The van der Waals surface area contributed by atoms with Gasteiger partial charge in [0.05, 0.1) is 11.2 Å². The molecule has 0 aromatic rings. The standard InChI is InChI=1S/C9H16O2S2/c1-9(2)10-6-7(11-9)8-12-4-3-5-13-8/h7-8H,3-6H2,1-2H3/t7-/m0/s1. The first-order valence-corrected chi connectivity index (χ1v) is 6.82. The third-order valence-corrected chi connectivity index (χ3v) is 5.32. The topological polar surface area (TPSA) is 18.5 Å². The molecule has 2 aliphatic rings. The maximum absolute atomic E-state index is 5.82. The van der Waals surface area contributed by atoms with E-state index >= 15 is 0 Å². The van der Waals surface area contributed by atoms with Crippen LogP contribution in [0.3, 0.4) is 0 Å². The molecule has 0 saturated carbocycles. The molecule has 1 atom stereocenters. The van der Waals surface area contributed by atoms with E-state index in [4.69, 9.17) is 9.47 Å². The lowest BCUT2D eigenvalue weighted by atomic mass is 10.4. The molecule has 0 aromatic heterocycles. The van der Waals surface area contributed by atoms with E-state index in [0.717, 1.165) is 6.61 Å². The molecule has 13 heavy (non-hydrogen) atoms. The first kappa shape index (κ1) is 10.1. The lowest BCUT2D eigenvalue weighted by Crippen LogP contribution is -2.28. The highest BCUT2D eigenvalue weighted by molar-refractivity contribution is 8.17. The Labute approximate surface area is 88.1 Å². The maximum Gasteiger partial charge on any atom is 0.163 e. The van der Waals surface area contributed by atoms with Crippen LogP contribution in [0.25, 0.3) is 0 Å². The van der Waals surface area contributed by atoms with E-state index in [1.165, 1.54) is 17.9 Å². The normalized spacial score (nSPS) is 35.1. The zero-order valence-corrected chi connectivity index (χ0v) is 9.75. The van der Waals surface area contributed by atoms with Crippen molar-refractivity contribution in [3.63, 3.8) is 0 Å². The van der Waals surface area contributed by atoms with Crippen LogP contribution in [0.4, 0.5) is 0 Å². The molecule has 2 heterocycles. The van der Waals surface area contributed by atoms with Crippen molar-refractivity contribution >= 4 is 23.5 Å². The van der Waals surface area contributed by atoms with E-state index in [-0.39, 0.29) is 5.79 Å². The average molecular weight is 220 g/mol. The summed E-state index contributed by atoms with van der Waals surface area (Å²) in [6.07, 6.45) is 1.63. The van der Waals surface area contributed by atoms with Gasteiger partial charge in [0.1, 0.15) is 6.10 Å². The summed E-state index contributed by atoms with van der Waals surface area (Å²) in [5.74, 6) is 2.19. The van der Waals surface area contributed by atoms with Crippen LogP contribution in [0, 0.1) is 0 Å². The molecule has 0 spiro atoms. The Kier molecular flexibility index (Phi) is 3.13. The first-order chi connectivity index (χ1) is 6.17. The van der Waals surface area contributed by atoms with Crippen molar-refractivity contribution in [2.75, 3.05) is 18.1 Å². The fraction of sp³-hybridized carbons (Fsp3) is 1.00. The summed E-state index contributed by atoms with van der Waals surface area (Å²) < 4.78 is 12.0. The van der Waals surface area contributed by atoms with Gasteiger partial charge in [0.25, 0.3) is 0 Å². The fourth-order valence-electron chi connectivity index (χ4n) is 1.57. The van der Waals surface area contributed by atoms with Crippen LogP contribution in [0.2, 0.25) is 0 Å². The Hall–Kier alpha value is 0.620. The molecule has 2 rings (SSSR count). The Morgan fingerprint density at radius 3 is 2.46 bits per heavy atom. The van der Waals surface area contributed by atoms with Crippen molar-refractivity contribution in [1.29, 1.82) is 0 Å². The van der Waals surface area contributed by atoms with Crippen molar-refractivity contribution in [1.82, 2.24) is 0 Å². The lowest BCUT2D eigenvalue weighted by Gasteiger charge is -2.26. The zero-order valence-electron chi connectivity index (χ0n) is 8.12. The van der Waals surface area contributed by atoms with Crippen molar-refractivity contribution in [2.24, 2.45) is 0 Å². The van der Waals surface area contributed by atoms with E-state index in [0.29, 0.717) is 10.7 Å². The minimum Gasteiger partial charge on any atom is -0.348 e. The summed E-state index contributed by atoms with van der Waals surface area (Å²) in [5, 5.41) is 0. The van der Waals surface area contributed by atoms with Gasteiger partial charge < -0.3 is 9.47 Å². The van der Waals surface area contributed by atoms with Crippen LogP contribution in [-0.4, -0.2) is 34.6 Å². The van der Waals surface area contributed by atoms with Crippen molar-refractivity contribution < 1.29 is 9.47 Å². The molecule has 2 saturated heterocycles. The van der Waals surface area contributed by atoms with Gasteiger partial charge in [-0.3, -0.25) is 0 Å². The molecule has 0 unspecified atom stereocenters. The van der Waals surface area contributed by atoms with Gasteiger partial charge in [0.2, 0.25) is 0 Å². The van der Waals surface area contributed by atoms with Gasteiger partial charge >= 0.3 is 0 Å². The van der Waals surface area contributed by atoms with Crippen molar-refractivity contribution in [3.05, 3.63) is 0 Å². The highest BCUT2D eigenvalue weighted by atomic mass is 32.2. The molecule has 0 aliphatic carbocycles. The second kappa shape index (κ2) is 4.01. The Morgan fingerprint density at radius 1 is 1.23 bits per heavy atom. The van der Waals surface area contributed by atoms with Gasteiger partial charge in [0, 0.05) is 0 Å². The minimum absolute atomic E-state index is 0.297. The summed E-state index contributed by atoms with van der Waals surface area (Å²) in [5.41, 5.74) is 0. The van der Waals surface area contributed by atoms with Crippen LogP contribution in [0.5, 0.6) is 0 Å². The van der Waals surface area contributed by atoms with Crippen LogP contribution in [0.1, 0.15) is 20.3 Å². The molecular formula is C9H16O2S2. The molecular weight excluding hydrogens is 204 g/mol. The van der Waals surface area contributed by atoms with Gasteiger partial charge in [-0.15, -0.1) is 23.5 Å². The molecule has 0 N–H and O–H groups in total. The number of thioether (sulfide) groups is 2. The van der Waals surface area contributed by atoms with Crippen LogP contribution >= 0.6 is 23.5 Å². The largest absolute Gasteiger partial charge is 0.348 e. The van der Waals surface area contributed by atoms with Gasteiger partial charge in [-0.05, 0) is 31.8 Å². The van der Waals surface area contributed by atoms with Gasteiger partial charge in [0.15, 0.2) is 5.79 Å². The third kappa shape index (κ3) is 2.55. The summed E-state index contributed by atoms with van der Waals surface area (Å²) >= 11 is 4.04. The summed E-state index contributed by atoms with van der Waals surface area (Å²) in [6, 6.07) is 0. The Morgan fingerprint density at radius 2 is 1.92 bits per heavy atom. The molecule has 2 nitrogen and oxygen atoms in total. The summed E-state index contributed by atoms with van der Waals surface area (Å²) in [6.45, 7) is 4.74. The van der Waals surface area contributed by atoms with Crippen molar-refractivity contribution in [2.45, 2.75) is 36.7 Å². The molecule has 2 fully saturated rings. The lowest BCUT2D eigenvalue weighted by molar-refractivity contribution is -0.136. The minimum atomic E-state index is -0.358. The van der Waals surface area contributed by atoms with Crippen LogP contribution in [-0.2, 0) is 9.47 Å². The number of hydrogen-bond acceptors (Lipinski definition) is 4. The first-order valence-electron chi connectivity index (χ1n) is 4.72. The highest BCUT2D eigenvalue weighted by Crippen LogP contribution is 2.38. The maximum atomic E-state index is 5.82. The smallest absolute Gasteiger partial charge is 0.163 e. The quantitative estimate of drug-likeness (QED) is 0.675. The molecule has 0 amide bonds. The van der Waals surface area contributed by atoms with Crippen LogP contribution in [0.15, 0.2) is 0 Å². The molecule has 0 bridgehead atoms. The summed E-state index contributed by atoms with van der Waals surface area (Å²) in [7, 11) is 0. The third-order valence-electron chi connectivity index (χ3n) is 2.19. The fourth-order valence-corrected chi connectivity index (χ4v) is 4.50. The van der Waals surface area contributed by atoms with E-state index in [1.54, 1.807) is 0 Å². The van der Waals surface area contributed by atoms with E-state index < -0.39 is 0 Å². The second-order valence-corrected chi connectivity index (χ2v) is 6.63. The van der Waals surface area contributed by atoms with Crippen LogP contribution < -0.4 is 0 Å². The predicted octanol–water partition coefficient (Wildman–Crippen LogP) is 2.33. The SMILES string of the molecule is CC1(C)OC[C@@H](C2SCCCS2)O1. The predicted molar refractivity (Wildman–Crippen MR) is 58.2 cm³/mol. The average Bonchev–Trinajstić information content (AvgIpc) is 2.48. The number of hydrogen-bond donors (Lipinski definition) is 0. The Bertz CT molecular complexity index is 178. The monoisotopic (exact) mass is 220 g/mol. The second-order valence-electron chi connectivity index (χ2n) is 3.83. The Balaban J connectivity index is 1.87. The molecule has 76 valence electrons. The molecule has 0 aromatic carbocycles. The molecule has 4 heteroatoms. The van der Waals surface area contributed by atoms with Crippen molar-refractivity contribution in [3.8, 4) is 0 Å². The number of rotatable bonds is 1. The van der Waals surface area contributed by atoms with Gasteiger partial charge in [-0.2, -0.15) is 0 Å². The number of ether oxygens (including phenoxy) is 2. The zero-order chi connectivity index (χ0) is 9.31. The highest BCUT2D eigenvalue weighted by Gasteiger charge is 2.38. The van der Waals surface area contributed by atoms with Gasteiger partial charge in [-0.1, -0.05) is 0 Å². The molecule has 0 radical (unpaired) electrons. The van der Waals surface area contributed by atoms with E-state index in [9.17, 15) is 0 Å².